The maximum atomic E-state index is 12.4. The molecule has 2 aromatic heterocycles. The number of fused-ring (bicyclic) bond motifs is 1. The summed E-state index contributed by atoms with van der Waals surface area (Å²) >= 11 is 1.52. The lowest BCUT2D eigenvalue weighted by Crippen LogP contribution is -2.16. The number of carbonyl (C=O) groups is 1. The fourth-order valence-electron chi connectivity index (χ4n) is 3.29. The van der Waals surface area contributed by atoms with Crippen molar-refractivity contribution in [2.45, 2.75) is 12.2 Å². The van der Waals surface area contributed by atoms with E-state index in [1.54, 1.807) is 37.4 Å². The Morgan fingerprint density at radius 3 is 2.68 bits per heavy atom. The second-order valence-electron chi connectivity index (χ2n) is 6.13. The van der Waals surface area contributed by atoms with Crippen LogP contribution < -0.4 is 14.8 Å². The van der Waals surface area contributed by atoms with E-state index in [0.717, 1.165) is 16.8 Å². The van der Waals surface area contributed by atoms with Crippen LogP contribution in [0.5, 0.6) is 11.5 Å². The Morgan fingerprint density at radius 1 is 1.18 bits per heavy atom. The molecular formula is C19H19N5O3S. The Kier molecular flexibility index (Phi) is 4.91. The lowest BCUT2D eigenvalue weighted by atomic mass is 10.0. The highest BCUT2D eigenvalue weighted by atomic mass is 32.2. The summed E-state index contributed by atoms with van der Waals surface area (Å²) in [5.41, 5.74) is 2.60. The van der Waals surface area contributed by atoms with Crippen LogP contribution in [-0.4, -0.2) is 45.6 Å². The maximum absolute atomic E-state index is 12.4. The molecule has 3 aromatic rings. The van der Waals surface area contributed by atoms with E-state index >= 15 is 0 Å². The number of anilines is 1. The Hall–Kier alpha value is -3.07. The molecule has 3 heterocycles. The van der Waals surface area contributed by atoms with Gasteiger partial charge in [-0.1, -0.05) is 12.1 Å². The smallest absolute Gasteiger partial charge is 0.252 e. The van der Waals surface area contributed by atoms with Crippen molar-refractivity contribution in [3.63, 3.8) is 0 Å². The first kappa shape index (κ1) is 18.3. The number of ether oxygens (including phenoxy) is 2. The average Bonchev–Trinajstić information content (AvgIpc) is 2.93. The molecule has 144 valence electrons. The number of thioether (sulfide) groups is 1. The number of methoxy groups -OCH3 is 2. The lowest BCUT2D eigenvalue weighted by Gasteiger charge is -2.20. The van der Waals surface area contributed by atoms with Crippen molar-refractivity contribution in [3.05, 3.63) is 53.5 Å². The molecule has 4 rings (SSSR count). The summed E-state index contributed by atoms with van der Waals surface area (Å²) in [6, 6.07) is 7.48. The summed E-state index contributed by atoms with van der Waals surface area (Å²) in [5, 5.41) is 7.40. The summed E-state index contributed by atoms with van der Waals surface area (Å²) in [6.45, 7) is 1.91. The minimum Gasteiger partial charge on any atom is -0.493 e. The molecule has 1 amide bonds. The molecular weight excluding hydrogens is 378 g/mol. The quantitative estimate of drug-likeness (QED) is 0.724. The van der Waals surface area contributed by atoms with Gasteiger partial charge in [0.25, 0.3) is 5.95 Å². The molecule has 0 aliphatic carbocycles. The molecule has 1 atom stereocenters. The van der Waals surface area contributed by atoms with Gasteiger partial charge < -0.3 is 14.8 Å². The Bertz CT molecular complexity index is 1020. The molecule has 1 N–H and O–H groups in total. The molecule has 8 nitrogen and oxygen atoms in total. The van der Waals surface area contributed by atoms with Gasteiger partial charge >= 0.3 is 0 Å². The van der Waals surface area contributed by atoms with E-state index in [9.17, 15) is 4.79 Å². The SMILES string of the molecule is COc1cccc([C@H]2SCC(=O)Nc3c2c(C)nn3-c2ncccn2)c1OC. The second-order valence-corrected chi connectivity index (χ2v) is 7.22. The summed E-state index contributed by atoms with van der Waals surface area (Å²) in [5.74, 6) is 2.46. The largest absolute Gasteiger partial charge is 0.493 e. The predicted octanol–water partition coefficient (Wildman–Crippen LogP) is 2.76. The topological polar surface area (TPSA) is 91.2 Å². The van der Waals surface area contributed by atoms with Crippen LogP contribution in [0.15, 0.2) is 36.7 Å². The van der Waals surface area contributed by atoms with Crippen LogP contribution in [-0.2, 0) is 4.79 Å². The van der Waals surface area contributed by atoms with Crippen molar-refractivity contribution in [2.24, 2.45) is 0 Å². The predicted molar refractivity (Wildman–Crippen MR) is 106 cm³/mol. The fourth-order valence-corrected chi connectivity index (χ4v) is 4.50. The number of aryl methyl sites for hydroxylation is 1. The minimum absolute atomic E-state index is 0.104. The van der Waals surface area contributed by atoms with E-state index in [4.69, 9.17) is 9.47 Å². The molecule has 1 aromatic carbocycles. The minimum atomic E-state index is -0.170. The normalized spacial score (nSPS) is 16.1. The van der Waals surface area contributed by atoms with Crippen LogP contribution in [0.4, 0.5) is 5.82 Å². The number of amides is 1. The standard InChI is InChI=1S/C19H19N5O3S/c1-11-15-17(12-6-4-7-13(26-2)16(12)27-3)28-10-14(25)22-18(15)24(23-11)19-20-8-5-9-21-19/h4-9,17H,10H2,1-3H3,(H,22,25)/t17-/m1/s1. The molecule has 0 bridgehead atoms. The van der Waals surface area contributed by atoms with E-state index in [1.165, 1.54) is 11.8 Å². The number of aromatic nitrogens is 4. The molecule has 0 radical (unpaired) electrons. The van der Waals surface area contributed by atoms with Crippen LogP contribution in [0.3, 0.4) is 0 Å². The first-order valence-electron chi connectivity index (χ1n) is 8.63. The van der Waals surface area contributed by atoms with E-state index in [0.29, 0.717) is 29.0 Å². The molecule has 28 heavy (non-hydrogen) atoms. The fraction of sp³-hybridized carbons (Fsp3) is 0.263. The van der Waals surface area contributed by atoms with Crippen molar-refractivity contribution in [3.8, 4) is 17.4 Å². The van der Waals surface area contributed by atoms with Crippen LogP contribution >= 0.6 is 11.8 Å². The molecule has 0 unspecified atom stereocenters. The monoisotopic (exact) mass is 397 g/mol. The average molecular weight is 397 g/mol. The third kappa shape index (κ3) is 3.07. The van der Waals surface area contributed by atoms with Crippen LogP contribution in [0.25, 0.3) is 5.95 Å². The van der Waals surface area contributed by atoms with Gasteiger partial charge in [-0.3, -0.25) is 4.79 Å². The summed E-state index contributed by atoms with van der Waals surface area (Å²) in [4.78, 5) is 21.0. The van der Waals surface area contributed by atoms with Crippen molar-refractivity contribution < 1.29 is 14.3 Å². The highest BCUT2D eigenvalue weighted by molar-refractivity contribution is 8.00. The van der Waals surface area contributed by atoms with Crippen molar-refractivity contribution in [1.82, 2.24) is 19.7 Å². The Morgan fingerprint density at radius 2 is 1.96 bits per heavy atom. The summed E-state index contributed by atoms with van der Waals surface area (Å²) < 4.78 is 12.7. The molecule has 0 spiro atoms. The lowest BCUT2D eigenvalue weighted by molar-refractivity contribution is -0.113. The van der Waals surface area contributed by atoms with Gasteiger partial charge in [0.2, 0.25) is 5.91 Å². The van der Waals surface area contributed by atoms with Gasteiger partial charge in [-0.05, 0) is 19.1 Å². The van der Waals surface area contributed by atoms with Crippen LogP contribution in [0.1, 0.15) is 22.1 Å². The van der Waals surface area contributed by atoms with Gasteiger partial charge in [-0.25, -0.2) is 9.97 Å². The highest BCUT2D eigenvalue weighted by Gasteiger charge is 2.33. The van der Waals surface area contributed by atoms with E-state index in [-0.39, 0.29) is 11.2 Å². The van der Waals surface area contributed by atoms with Gasteiger partial charge in [0.15, 0.2) is 11.5 Å². The van der Waals surface area contributed by atoms with Crippen molar-refractivity contribution >= 4 is 23.5 Å². The van der Waals surface area contributed by atoms with Gasteiger partial charge in [0.1, 0.15) is 5.82 Å². The van der Waals surface area contributed by atoms with Crippen molar-refractivity contribution in [2.75, 3.05) is 25.3 Å². The Labute approximate surface area is 166 Å². The second kappa shape index (κ2) is 7.51. The number of rotatable bonds is 4. The zero-order valence-electron chi connectivity index (χ0n) is 15.7. The zero-order chi connectivity index (χ0) is 19.7. The third-order valence-corrected chi connectivity index (χ3v) is 5.72. The first-order valence-corrected chi connectivity index (χ1v) is 9.68. The Balaban J connectivity index is 1.92. The molecule has 0 saturated heterocycles. The first-order chi connectivity index (χ1) is 13.6. The molecule has 0 fully saturated rings. The summed E-state index contributed by atoms with van der Waals surface area (Å²) in [6.07, 6.45) is 3.28. The van der Waals surface area contributed by atoms with Crippen LogP contribution in [0, 0.1) is 6.92 Å². The number of nitrogens with one attached hydrogen (secondary N) is 1. The van der Waals surface area contributed by atoms with E-state index in [1.807, 2.05) is 25.1 Å². The van der Waals surface area contributed by atoms with E-state index in [2.05, 4.69) is 20.4 Å². The van der Waals surface area contributed by atoms with Gasteiger partial charge in [0, 0.05) is 23.5 Å². The number of benzene rings is 1. The molecule has 9 heteroatoms. The number of hydrogen-bond acceptors (Lipinski definition) is 7. The van der Waals surface area contributed by atoms with E-state index < -0.39 is 0 Å². The summed E-state index contributed by atoms with van der Waals surface area (Å²) in [7, 11) is 3.22. The number of nitrogens with zero attached hydrogens (tertiary/aromatic N) is 4. The molecule has 1 aliphatic rings. The molecule has 1 aliphatic heterocycles. The maximum Gasteiger partial charge on any atom is 0.252 e. The van der Waals surface area contributed by atoms with Gasteiger partial charge in [0.05, 0.1) is 30.9 Å². The van der Waals surface area contributed by atoms with Crippen LogP contribution in [0.2, 0.25) is 0 Å². The number of carbonyl (C=O) groups excluding carboxylic acids is 1. The molecule has 0 saturated carbocycles. The number of hydrogen-bond donors (Lipinski definition) is 1. The van der Waals surface area contributed by atoms with Gasteiger partial charge in [-0.2, -0.15) is 9.78 Å². The number of para-hydroxylation sites is 1. The van der Waals surface area contributed by atoms with Gasteiger partial charge in [-0.15, -0.1) is 11.8 Å². The zero-order valence-corrected chi connectivity index (χ0v) is 16.5. The van der Waals surface area contributed by atoms with Crippen molar-refractivity contribution in [1.29, 1.82) is 0 Å². The third-order valence-electron chi connectivity index (χ3n) is 4.47. The highest BCUT2D eigenvalue weighted by Crippen LogP contribution is 2.48.